The van der Waals surface area contributed by atoms with Gasteiger partial charge in [-0.15, -0.1) is 11.3 Å². The zero-order valence-corrected chi connectivity index (χ0v) is 25.3. The molecular weight excluding hydrogens is 518 g/mol. The Labute approximate surface area is 237 Å². The lowest BCUT2D eigenvalue weighted by Crippen LogP contribution is -2.64. The van der Waals surface area contributed by atoms with E-state index in [1.165, 1.54) is 11.3 Å². The summed E-state index contributed by atoms with van der Waals surface area (Å²) in [7, 11) is 0. The molecule has 5 rings (SSSR count). The Balaban J connectivity index is 1.30. The first-order valence-corrected chi connectivity index (χ1v) is 16.1. The normalized spacial score (nSPS) is 44.2. The smallest absolute Gasteiger partial charge is 0.220 e. The van der Waals surface area contributed by atoms with Gasteiger partial charge in [0.15, 0.2) is 0 Å². The molecule has 1 aromatic heterocycles. The van der Waals surface area contributed by atoms with Crippen molar-refractivity contribution in [3.05, 3.63) is 21.3 Å². The van der Waals surface area contributed by atoms with Crippen molar-refractivity contribution in [1.29, 1.82) is 0 Å². The summed E-state index contributed by atoms with van der Waals surface area (Å²) in [4.78, 5) is 14.4. The van der Waals surface area contributed by atoms with Crippen molar-refractivity contribution in [1.82, 2.24) is 5.32 Å². The molecule has 1 heterocycles. The van der Waals surface area contributed by atoms with Gasteiger partial charge in [-0.05, 0) is 109 Å². The number of carbonyl (C=O) groups excluding carboxylic acids is 1. The monoisotopic (exact) mass is 565 g/mol. The number of hydrogen-bond acceptors (Lipinski definition) is 5. The molecule has 38 heavy (non-hydrogen) atoms. The first-order chi connectivity index (χ1) is 17.9. The lowest BCUT2D eigenvalue weighted by atomic mass is 9.43. The van der Waals surface area contributed by atoms with E-state index in [1.54, 1.807) is 0 Å². The molecule has 4 aliphatic carbocycles. The summed E-state index contributed by atoms with van der Waals surface area (Å²) in [6.45, 7) is 11.2. The lowest BCUT2D eigenvalue weighted by molar-refractivity contribution is -0.223. The minimum atomic E-state index is -0.764. The number of amides is 1. The molecule has 0 aliphatic heterocycles. The summed E-state index contributed by atoms with van der Waals surface area (Å²) in [5, 5.41) is 36.4. The molecule has 1 amide bonds. The van der Waals surface area contributed by atoms with E-state index in [4.69, 9.17) is 11.6 Å². The zero-order chi connectivity index (χ0) is 27.6. The van der Waals surface area contributed by atoms with Gasteiger partial charge in [-0.3, -0.25) is 4.79 Å². The van der Waals surface area contributed by atoms with Gasteiger partial charge < -0.3 is 20.6 Å². The predicted octanol–water partition coefficient (Wildman–Crippen LogP) is 6.20. The molecule has 0 radical (unpaired) electrons. The van der Waals surface area contributed by atoms with Crippen molar-refractivity contribution >= 4 is 28.8 Å². The minimum Gasteiger partial charge on any atom is -0.393 e. The first kappa shape index (κ1) is 28.9. The standard InChI is InChI=1S/C31H48ClNO4S/c1-16(2)27(23-8-9-24(32)38-23)33-25(35)14-17(3)19-6-7-20-26-21(11-13-30(19,20)4)31(5)12-10-18(34)15-22(31)28(36)29(26)37/h8-9,16-22,26-29,34,36-37H,6-7,10-15H2,1-5H3,(H,33,35)/t17-,18-,19?,20+,21+,22?,26?,27?,28-,29+,30?,31?/m1/s1. The van der Waals surface area contributed by atoms with E-state index in [1.807, 2.05) is 12.1 Å². The Morgan fingerprint density at radius 2 is 1.68 bits per heavy atom. The van der Waals surface area contributed by atoms with Gasteiger partial charge in [0.2, 0.25) is 5.91 Å². The molecule has 4 fully saturated rings. The van der Waals surface area contributed by atoms with Gasteiger partial charge in [0, 0.05) is 11.3 Å². The second kappa shape index (κ2) is 10.6. The third kappa shape index (κ3) is 4.78. The third-order valence-corrected chi connectivity index (χ3v) is 13.2. The van der Waals surface area contributed by atoms with Crippen LogP contribution in [0.5, 0.6) is 0 Å². The van der Waals surface area contributed by atoms with E-state index in [9.17, 15) is 20.1 Å². The molecule has 7 heteroatoms. The number of aliphatic hydroxyl groups excluding tert-OH is 3. The molecular formula is C31H48ClNO4S. The van der Waals surface area contributed by atoms with Crippen molar-refractivity contribution in [2.75, 3.05) is 0 Å². The van der Waals surface area contributed by atoms with E-state index < -0.39 is 12.2 Å². The number of carbonyl (C=O) groups is 1. The highest BCUT2D eigenvalue weighted by Crippen LogP contribution is 2.68. The summed E-state index contributed by atoms with van der Waals surface area (Å²) in [6.07, 6.45) is 5.29. The maximum Gasteiger partial charge on any atom is 0.220 e. The molecule has 0 aromatic carbocycles. The van der Waals surface area contributed by atoms with Crippen LogP contribution in [0.25, 0.3) is 0 Å². The average molecular weight is 566 g/mol. The number of hydrogen-bond donors (Lipinski definition) is 4. The van der Waals surface area contributed by atoms with Gasteiger partial charge in [0.25, 0.3) is 0 Å². The van der Waals surface area contributed by atoms with Crippen LogP contribution in [0.3, 0.4) is 0 Å². The molecule has 1 aromatic rings. The number of halogens is 1. The van der Waals surface area contributed by atoms with Crippen LogP contribution in [0.15, 0.2) is 12.1 Å². The van der Waals surface area contributed by atoms with Crippen LogP contribution in [0.1, 0.15) is 96.9 Å². The number of thiophene rings is 1. The molecule has 4 N–H and O–H groups in total. The highest BCUT2D eigenvalue weighted by atomic mass is 35.5. The fraction of sp³-hybridized carbons (Fsp3) is 0.839. The molecule has 4 aliphatic rings. The second-order valence-electron chi connectivity index (χ2n) is 14.2. The quantitative estimate of drug-likeness (QED) is 0.330. The van der Waals surface area contributed by atoms with Crippen molar-refractivity contribution < 1.29 is 20.1 Å². The number of rotatable bonds is 6. The van der Waals surface area contributed by atoms with Gasteiger partial charge in [-0.1, -0.05) is 46.2 Å². The maximum atomic E-state index is 13.3. The molecule has 6 unspecified atom stereocenters. The Kier molecular flexibility index (Phi) is 8.07. The maximum absolute atomic E-state index is 13.3. The van der Waals surface area contributed by atoms with Crippen LogP contribution in [-0.4, -0.2) is 39.5 Å². The van der Waals surface area contributed by atoms with Crippen molar-refractivity contribution in [3.63, 3.8) is 0 Å². The zero-order valence-electron chi connectivity index (χ0n) is 23.7. The molecule has 0 saturated heterocycles. The van der Waals surface area contributed by atoms with Crippen LogP contribution in [0, 0.1) is 52.3 Å². The van der Waals surface area contributed by atoms with E-state index in [-0.39, 0.29) is 52.6 Å². The van der Waals surface area contributed by atoms with Gasteiger partial charge in [-0.25, -0.2) is 0 Å². The lowest BCUT2D eigenvalue weighted by Gasteiger charge is -2.63. The number of aliphatic hydroxyl groups is 3. The van der Waals surface area contributed by atoms with Crippen LogP contribution in [-0.2, 0) is 4.79 Å². The Bertz CT molecular complexity index is 1020. The second-order valence-corrected chi connectivity index (χ2v) is 15.9. The molecule has 214 valence electrons. The summed E-state index contributed by atoms with van der Waals surface area (Å²) >= 11 is 7.71. The highest BCUT2D eigenvalue weighted by molar-refractivity contribution is 7.16. The SMILES string of the molecule is CC(C)C(NC(=O)C[C@@H](C)C1CC[C@H]2C3[C@H](O)[C@H](O)C4C[C@H](O)CCC4(C)[C@H]3CCC12C)c1ccc(Cl)s1. The highest BCUT2D eigenvalue weighted by Gasteiger charge is 2.65. The van der Waals surface area contributed by atoms with E-state index in [0.29, 0.717) is 30.6 Å². The van der Waals surface area contributed by atoms with Crippen LogP contribution in [0.4, 0.5) is 0 Å². The summed E-state index contributed by atoms with van der Waals surface area (Å²) in [5.74, 6) is 1.87. The average Bonchev–Trinajstić information content (AvgIpc) is 3.44. The van der Waals surface area contributed by atoms with Crippen molar-refractivity contribution in [2.24, 2.45) is 52.3 Å². The Morgan fingerprint density at radius 1 is 1.00 bits per heavy atom. The molecule has 4 saturated carbocycles. The number of nitrogens with one attached hydrogen (secondary N) is 1. The molecule has 12 atom stereocenters. The van der Waals surface area contributed by atoms with Gasteiger partial charge in [0.05, 0.1) is 28.7 Å². The predicted molar refractivity (Wildman–Crippen MR) is 153 cm³/mol. The first-order valence-electron chi connectivity index (χ1n) is 15.0. The van der Waals surface area contributed by atoms with Crippen molar-refractivity contribution in [3.8, 4) is 0 Å². The van der Waals surface area contributed by atoms with Gasteiger partial charge in [0.1, 0.15) is 0 Å². The van der Waals surface area contributed by atoms with Crippen LogP contribution in [0.2, 0.25) is 4.34 Å². The molecule has 5 nitrogen and oxygen atoms in total. The van der Waals surface area contributed by atoms with E-state index >= 15 is 0 Å². The summed E-state index contributed by atoms with van der Waals surface area (Å²) in [6, 6.07) is 3.89. The number of fused-ring (bicyclic) bond motifs is 5. The fourth-order valence-electron chi connectivity index (χ4n) is 9.94. The van der Waals surface area contributed by atoms with Gasteiger partial charge >= 0.3 is 0 Å². The molecule has 0 bridgehead atoms. The van der Waals surface area contributed by atoms with Crippen molar-refractivity contribution in [2.45, 2.75) is 110 Å². The molecule has 0 spiro atoms. The van der Waals surface area contributed by atoms with Crippen LogP contribution < -0.4 is 5.32 Å². The largest absolute Gasteiger partial charge is 0.393 e. The summed E-state index contributed by atoms with van der Waals surface area (Å²) < 4.78 is 0.744. The van der Waals surface area contributed by atoms with E-state index in [2.05, 4.69) is 39.9 Å². The summed E-state index contributed by atoms with van der Waals surface area (Å²) in [5.41, 5.74) is 0.0433. The van der Waals surface area contributed by atoms with Gasteiger partial charge in [-0.2, -0.15) is 0 Å². The third-order valence-electron chi connectivity index (χ3n) is 11.9. The minimum absolute atomic E-state index is 0.0238. The Morgan fingerprint density at radius 3 is 2.34 bits per heavy atom. The van der Waals surface area contributed by atoms with E-state index in [0.717, 1.165) is 47.7 Å². The fourth-order valence-corrected chi connectivity index (χ4v) is 11.2. The topological polar surface area (TPSA) is 89.8 Å². The van der Waals surface area contributed by atoms with Crippen LogP contribution >= 0.6 is 22.9 Å². The Hall–Kier alpha value is -0.660.